The van der Waals surface area contributed by atoms with Crippen molar-refractivity contribution in [2.45, 2.75) is 18.3 Å². The molecule has 0 aliphatic carbocycles. The summed E-state index contributed by atoms with van der Waals surface area (Å²) in [7, 11) is 0. The zero-order valence-corrected chi connectivity index (χ0v) is 16.2. The molecule has 1 aromatic heterocycles. The van der Waals surface area contributed by atoms with E-state index in [9.17, 15) is 5.11 Å². The summed E-state index contributed by atoms with van der Waals surface area (Å²) in [5.74, 6) is 1.63. The maximum atomic E-state index is 10.2. The Kier molecular flexibility index (Phi) is 5.60. The lowest BCUT2D eigenvalue weighted by molar-refractivity contribution is 0.126. The molecule has 28 heavy (non-hydrogen) atoms. The van der Waals surface area contributed by atoms with E-state index in [-0.39, 0.29) is 6.61 Å². The number of benzene rings is 3. The topological polar surface area (TPSA) is 68.4 Å². The van der Waals surface area contributed by atoms with Gasteiger partial charge >= 0.3 is 0 Å². The number of hydrogen-bond donors (Lipinski definition) is 1. The molecule has 0 saturated carbocycles. The summed E-state index contributed by atoms with van der Waals surface area (Å²) in [6, 6.07) is 21.8. The van der Waals surface area contributed by atoms with E-state index >= 15 is 0 Å². The highest BCUT2D eigenvalue weighted by molar-refractivity contribution is 7.99. The summed E-state index contributed by atoms with van der Waals surface area (Å²) in [5, 5.41) is 21.1. The Bertz CT molecular complexity index is 1080. The number of aryl methyl sites for hydroxylation is 1. The molecule has 6 heteroatoms. The Morgan fingerprint density at radius 1 is 1.00 bits per heavy atom. The summed E-state index contributed by atoms with van der Waals surface area (Å²) in [5.41, 5.74) is 1.99. The third-order valence-corrected chi connectivity index (χ3v) is 5.31. The molecule has 142 valence electrons. The van der Waals surface area contributed by atoms with Crippen molar-refractivity contribution in [1.82, 2.24) is 10.2 Å². The molecule has 0 aliphatic rings. The quantitative estimate of drug-likeness (QED) is 0.459. The average Bonchev–Trinajstić information content (AvgIpc) is 3.19. The van der Waals surface area contributed by atoms with Crippen molar-refractivity contribution in [2.75, 3.05) is 12.4 Å². The predicted molar refractivity (Wildman–Crippen MR) is 111 cm³/mol. The molecule has 1 unspecified atom stereocenters. The van der Waals surface area contributed by atoms with Gasteiger partial charge in [-0.15, -0.1) is 10.2 Å². The van der Waals surface area contributed by atoms with Crippen LogP contribution in [0.5, 0.6) is 5.75 Å². The molecule has 0 aliphatic heterocycles. The Balaban J connectivity index is 1.31. The van der Waals surface area contributed by atoms with Crippen LogP contribution in [0.3, 0.4) is 0 Å². The van der Waals surface area contributed by atoms with Gasteiger partial charge in [-0.3, -0.25) is 0 Å². The van der Waals surface area contributed by atoms with Gasteiger partial charge in [0.2, 0.25) is 5.89 Å². The first-order chi connectivity index (χ1) is 13.7. The smallest absolute Gasteiger partial charge is 0.276 e. The van der Waals surface area contributed by atoms with Crippen LogP contribution >= 0.6 is 11.8 Å². The summed E-state index contributed by atoms with van der Waals surface area (Å²) < 4.78 is 11.4. The number of rotatable bonds is 7. The van der Waals surface area contributed by atoms with Crippen LogP contribution in [0.1, 0.15) is 5.56 Å². The lowest BCUT2D eigenvalue weighted by Gasteiger charge is -2.11. The van der Waals surface area contributed by atoms with Crippen molar-refractivity contribution in [3.8, 4) is 17.2 Å². The van der Waals surface area contributed by atoms with Crippen molar-refractivity contribution in [3.63, 3.8) is 0 Å². The van der Waals surface area contributed by atoms with Gasteiger partial charge in [-0.2, -0.15) is 0 Å². The fourth-order valence-electron chi connectivity index (χ4n) is 2.86. The first kappa shape index (κ1) is 18.5. The average molecular weight is 392 g/mol. The number of hydrogen-bond acceptors (Lipinski definition) is 6. The number of thioether (sulfide) groups is 1. The fraction of sp³-hybridized carbons (Fsp3) is 0.182. The van der Waals surface area contributed by atoms with Gasteiger partial charge in [-0.25, -0.2) is 0 Å². The van der Waals surface area contributed by atoms with Gasteiger partial charge in [-0.1, -0.05) is 60.3 Å². The standard InChI is InChI=1S/C22H20N2O3S/c1-15-6-2-5-9-20(15)21-23-24-22(27-21)28-14-18(25)13-26-19-11-10-16-7-3-4-8-17(16)12-19/h2-12,18,25H,13-14H2,1H3. The zero-order valence-electron chi connectivity index (χ0n) is 15.4. The molecular formula is C22H20N2O3S. The Labute approximate surface area is 167 Å². The fourth-order valence-corrected chi connectivity index (χ4v) is 3.52. The van der Waals surface area contributed by atoms with E-state index in [0.717, 1.165) is 27.6 Å². The molecule has 0 radical (unpaired) electrons. The summed E-state index contributed by atoms with van der Waals surface area (Å²) in [4.78, 5) is 0. The molecule has 0 amide bonds. The number of aliphatic hydroxyl groups is 1. The molecule has 0 fully saturated rings. The highest BCUT2D eigenvalue weighted by Gasteiger charge is 2.13. The second-order valence-corrected chi connectivity index (χ2v) is 7.44. The number of aromatic nitrogens is 2. The molecule has 0 saturated heterocycles. The van der Waals surface area contributed by atoms with E-state index in [0.29, 0.717) is 16.9 Å². The van der Waals surface area contributed by atoms with Gasteiger partial charge < -0.3 is 14.3 Å². The molecule has 1 N–H and O–H groups in total. The highest BCUT2D eigenvalue weighted by atomic mass is 32.2. The third kappa shape index (κ3) is 4.35. The van der Waals surface area contributed by atoms with Crippen LogP contribution < -0.4 is 4.74 Å². The second kappa shape index (κ2) is 8.46. The lowest BCUT2D eigenvalue weighted by atomic mass is 10.1. The third-order valence-electron chi connectivity index (χ3n) is 4.34. The predicted octanol–water partition coefficient (Wildman–Crippen LogP) is 4.73. The first-order valence-corrected chi connectivity index (χ1v) is 9.99. The normalized spacial score (nSPS) is 12.2. The molecule has 0 bridgehead atoms. The molecular weight excluding hydrogens is 372 g/mol. The number of aliphatic hydroxyl groups excluding tert-OH is 1. The largest absolute Gasteiger partial charge is 0.491 e. The van der Waals surface area contributed by atoms with E-state index in [2.05, 4.69) is 16.3 Å². The SMILES string of the molecule is Cc1ccccc1-c1nnc(SCC(O)COc2ccc3ccccc3c2)o1. The van der Waals surface area contributed by atoms with Crippen LogP contribution in [0, 0.1) is 6.92 Å². The van der Waals surface area contributed by atoms with E-state index in [1.807, 2.05) is 67.6 Å². The Morgan fingerprint density at radius 3 is 2.64 bits per heavy atom. The molecule has 1 atom stereocenters. The first-order valence-electron chi connectivity index (χ1n) is 9.01. The van der Waals surface area contributed by atoms with Crippen LogP contribution in [-0.2, 0) is 0 Å². The number of fused-ring (bicyclic) bond motifs is 1. The van der Waals surface area contributed by atoms with Crippen molar-refractivity contribution in [3.05, 3.63) is 72.3 Å². The highest BCUT2D eigenvalue weighted by Crippen LogP contribution is 2.26. The van der Waals surface area contributed by atoms with E-state index in [4.69, 9.17) is 9.15 Å². The van der Waals surface area contributed by atoms with Gasteiger partial charge in [0.1, 0.15) is 12.4 Å². The maximum Gasteiger partial charge on any atom is 0.276 e. The lowest BCUT2D eigenvalue weighted by Crippen LogP contribution is -2.20. The van der Waals surface area contributed by atoms with Crippen molar-refractivity contribution < 1.29 is 14.3 Å². The molecule has 0 spiro atoms. The molecule has 4 rings (SSSR count). The minimum Gasteiger partial charge on any atom is -0.491 e. The maximum absolute atomic E-state index is 10.2. The number of ether oxygens (including phenoxy) is 1. The van der Waals surface area contributed by atoms with Crippen LogP contribution in [0.25, 0.3) is 22.2 Å². The van der Waals surface area contributed by atoms with Crippen molar-refractivity contribution in [1.29, 1.82) is 0 Å². The Morgan fingerprint density at radius 2 is 1.79 bits per heavy atom. The van der Waals surface area contributed by atoms with Crippen molar-refractivity contribution >= 4 is 22.5 Å². The van der Waals surface area contributed by atoms with E-state index in [1.165, 1.54) is 11.8 Å². The summed E-state index contributed by atoms with van der Waals surface area (Å²) in [6.07, 6.45) is -0.648. The van der Waals surface area contributed by atoms with Crippen LogP contribution in [0.15, 0.2) is 76.4 Å². The second-order valence-electron chi connectivity index (χ2n) is 6.47. The van der Waals surface area contributed by atoms with E-state index in [1.54, 1.807) is 0 Å². The van der Waals surface area contributed by atoms with E-state index < -0.39 is 6.10 Å². The minimum atomic E-state index is -0.648. The van der Waals surface area contributed by atoms with Crippen molar-refractivity contribution in [2.24, 2.45) is 0 Å². The van der Waals surface area contributed by atoms with Crippen LogP contribution in [-0.4, -0.2) is 33.8 Å². The summed E-state index contributed by atoms with van der Waals surface area (Å²) in [6.45, 7) is 2.20. The summed E-state index contributed by atoms with van der Waals surface area (Å²) >= 11 is 1.32. The van der Waals surface area contributed by atoms with Crippen LogP contribution in [0.2, 0.25) is 0 Å². The number of nitrogens with zero attached hydrogens (tertiary/aromatic N) is 2. The van der Waals surface area contributed by atoms with Crippen LogP contribution in [0.4, 0.5) is 0 Å². The van der Waals surface area contributed by atoms with Gasteiger partial charge in [0.05, 0.1) is 6.10 Å². The molecule has 5 nitrogen and oxygen atoms in total. The zero-order chi connectivity index (χ0) is 19.3. The Hall–Kier alpha value is -2.83. The minimum absolute atomic E-state index is 0.199. The van der Waals surface area contributed by atoms with Gasteiger partial charge in [-0.05, 0) is 41.5 Å². The van der Waals surface area contributed by atoms with Gasteiger partial charge in [0.25, 0.3) is 5.22 Å². The monoisotopic (exact) mass is 392 g/mol. The molecule has 1 heterocycles. The molecule has 4 aromatic rings. The van der Waals surface area contributed by atoms with Gasteiger partial charge in [0.15, 0.2) is 0 Å². The molecule has 3 aromatic carbocycles. The van der Waals surface area contributed by atoms with Gasteiger partial charge in [0, 0.05) is 11.3 Å².